The van der Waals surface area contributed by atoms with Crippen molar-refractivity contribution in [2.75, 3.05) is 11.5 Å². The summed E-state index contributed by atoms with van der Waals surface area (Å²) >= 11 is 20.8. The van der Waals surface area contributed by atoms with E-state index in [1.807, 2.05) is 6.07 Å². The van der Waals surface area contributed by atoms with Crippen LogP contribution in [0.2, 0.25) is 15.1 Å². The topological polar surface area (TPSA) is 46.6 Å². The number of carbonyl (C=O) groups is 2. The average molecular weight is 589 g/mol. The smallest absolute Gasteiger partial charge is 0.338 e. The molecule has 0 aromatic heterocycles. The number of carbonyl (C=O) groups excluding carboxylic acids is 2. The summed E-state index contributed by atoms with van der Waals surface area (Å²) in [6.07, 6.45) is 0. The molecule has 3 aromatic carbocycles. The fraction of sp³-hybridized carbons (Fsp3) is 0.130. The van der Waals surface area contributed by atoms with E-state index >= 15 is 0 Å². The molecule has 31 heavy (non-hydrogen) atoms. The van der Waals surface area contributed by atoms with Gasteiger partial charge < -0.3 is 9.64 Å². The summed E-state index contributed by atoms with van der Waals surface area (Å²) in [5.74, 6) is -0.716. The molecule has 3 aromatic rings. The van der Waals surface area contributed by atoms with Gasteiger partial charge in [0.1, 0.15) is 0 Å². The molecule has 8 heteroatoms. The van der Waals surface area contributed by atoms with E-state index in [1.54, 1.807) is 66.4 Å². The van der Waals surface area contributed by atoms with Crippen molar-refractivity contribution >= 4 is 75.0 Å². The minimum atomic E-state index is -0.423. The number of hydrogen-bond donors (Lipinski definition) is 0. The SMILES string of the molecule is CCOC(=O)c1ccc(N(Cc2ccc(Cl)cc2Cl)C(=O)c2cc(I)ccc2Cl)cc1. The van der Waals surface area contributed by atoms with Gasteiger partial charge in [0.15, 0.2) is 0 Å². The summed E-state index contributed by atoms with van der Waals surface area (Å²) in [6.45, 7) is 2.22. The first-order valence-corrected chi connectivity index (χ1v) is 11.5. The molecule has 0 aliphatic carbocycles. The number of halogens is 4. The number of esters is 1. The van der Waals surface area contributed by atoms with Crippen LogP contribution in [0.25, 0.3) is 0 Å². The third-order valence-electron chi connectivity index (χ3n) is 4.44. The second-order valence-corrected chi connectivity index (χ2v) is 9.02. The molecule has 0 fully saturated rings. The second kappa shape index (κ2) is 10.7. The normalized spacial score (nSPS) is 10.6. The quantitative estimate of drug-likeness (QED) is 0.225. The molecule has 0 radical (unpaired) electrons. The summed E-state index contributed by atoms with van der Waals surface area (Å²) in [5.41, 5.74) is 2.07. The maximum atomic E-state index is 13.5. The Labute approximate surface area is 209 Å². The molecule has 0 heterocycles. The minimum absolute atomic E-state index is 0.190. The van der Waals surface area contributed by atoms with Gasteiger partial charge in [0.2, 0.25) is 0 Å². The molecule has 0 aliphatic heterocycles. The highest BCUT2D eigenvalue weighted by Crippen LogP contribution is 2.28. The molecule has 0 aliphatic rings. The molecular weight excluding hydrogens is 572 g/mol. The highest BCUT2D eigenvalue weighted by molar-refractivity contribution is 14.1. The van der Waals surface area contributed by atoms with Gasteiger partial charge in [-0.2, -0.15) is 0 Å². The van der Waals surface area contributed by atoms with Crippen molar-refractivity contribution < 1.29 is 14.3 Å². The number of anilines is 1. The first-order chi connectivity index (χ1) is 14.8. The van der Waals surface area contributed by atoms with Crippen LogP contribution in [0, 0.1) is 3.57 Å². The maximum absolute atomic E-state index is 13.5. The predicted octanol–water partition coefficient (Wildman–Crippen LogP) is 7.28. The summed E-state index contributed by atoms with van der Waals surface area (Å²) in [5, 5.41) is 1.30. The van der Waals surface area contributed by atoms with E-state index in [-0.39, 0.29) is 19.1 Å². The maximum Gasteiger partial charge on any atom is 0.338 e. The standard InChI is InChI=1S/C23H17Cl3INO3/c1-2-31-23(30)14-4-8-18(9-5-14)28(13-15-3-6-16(24)11-21(15)26)22(29)19-12-17(27)7-10-20(19)25/h3-12H,2,13H2,1H3. The Kier molecular flexibility index (Phi) is 8.22. The van der Waals surface area contributed by atoms with E-state index in [0.717, 1.165) is 9.13 Å². The summed E-state index contributed by atoms with van der Waals surface area (Å²) in [6, 6.07) is 17.0. The molecular formula is C23H17Cl3INO3. The minimum Gasteiger partial charge on any atom is -0.462 e. The van der Waals surface area contributed by atoms with Gasteiger partial charge in [0.25, 0.3) is 5.91 Å². The first-order valence-electron chi connectivity index (χ1n) is 9.28. The van der Waals surface area contributed by atoms with Crippen molar-refractivity contribution in [3.63, 3.8) is 0 Å². The predicted molar refractivity (Wildman–Crippen MR) is 134 cm³/mol. The number of nitrogens with zero attached hydrogens (tertiary/aromatic N) is 1. The van der Waals surface area contributed by atoms with Crippen LogP contribution in [-0.2, 0) is 11.3 Å². The third kappa shape index (κ3) is 5.92. The van der Waals surface area contributed by atoms with Gasteiger partial charge in [-0.3, -0.25) is 4.79 Å². The second-order valence-electron chi connectivity index (χ2n) is 6.52. The van der Waals surface area contributed by atoms with Crippen molar-refractivity contribution in [2.45, 2.75) is 13.5 Å². The number of amides is 1. The Morgan fingerprint density at radius 1 is 0.935 bits per heavy atom. The van der Waals surface area contributed by atoms with Crippen LogP contribution >= 0.6 is 57.4 Å². The zero-order chi connectivity index (χ0) is 22.5. The fourth-order valence-corrected chi connectivity index (χ4v) is 4.06. The fourth-order valence-electron chi connectivity index (χ4n) is 2.90. The number of rotatable bonds is 6. The van der Waals surface area contributed by atoms with Crippen LogP contribution in [0.15, 0.2) is 60.7 Å². The van der Waals surface area contributed by atoms with Gasteiger partial charge in [-0.05, 0) is 89.7 Å². The monoisotopic (exact) mass is 587 g/mol. The molecule has 0 N–H and O–H groups in total. The van der Waals surface area contributed by atoms with E-state index in [4.69, 9.17) is 39.5 Å². The first kappa shape index (κ1) is 23.9. The summed E-state index contributed by atoms with van der Waals surface area (Å²) in [4.78, 5) is 27.0. The Bertz CT molecular complexity index is 1120. The summed E-state index contributed by atoms with van der Waals surface area (Å²) < 4.78 is 5.91. The van der Waals surface area contributed by atoms with Gasteiger partial charge in [0.05, 0.1) is 29.3 Å². The zero-order valence-corrected chi connectivity index (χ0v) is 20.8. The Morgan fingerprint density at radius 2 is 1.65 bits per heavy atom. The van der Waals surface area contributed by atoms with Crippen LogP contribution in [0.5, 0.6) is 0 Å². The highest BCUT2D eigenvalue weighted by Gasteiger charge is 2.22. The van der Waals surface area contributed by atoms with Crippen LogP contribution in [0.1, 0.15) is 33.2 Å². The van der Waals surface area contributed by atoms with E-state index in [1.165, 1.54) is 0 Å². The Hall–Kier alpha value is -1.80. The van der Waals surface area contributed by atoms with Gasteiger partial charge in [-0.1, -0.05) is 40.9 Å². The van der Waals surface area contributed by atoms with Gasteiger partial charge in [-0.15, -0.1) is 0 Å². The van der Waals surface area contributed by atoms with Crippen LogP contribution in [-0.4, -0.2) is 18.5 Å². The average Bonchev–Trinajstić information content (AvgIpc) is 2.75. The van der Waals surface area contributed by atoms with E-state index in [9.17, 15) is 9.59 Å². The lowest BCUT2D eigenvalue weighted by molar-refractivity contribution is 0.0526. The van der Waals surface area contributed by atoms with Crippen molar-refractivity contribution in [1.29, 1.82) is 0 Å². The number of benzene rings is 3. The van der Waals surface area contributed by atoms with E-state index in [0.29, 0.717) is 31.9 Å². The van der Waals surface area contributed by atoms with Crippen LogP contribution < -0.4 is 4.90 Å². The molecule has 0 saturated carbocycles. The lowest BCUT2D eigenvalue weighted by atomic mass is 10.1. The molecule has 0 spiro atoms. The van der Waals surface area contributed by atoms with Gasteiger partial charge in [-0.25, -0.2) is 4.79 Å². The lowest BCUT2D eigenvalue weighted by Crippen LogP contribution is -2.31. The third-order valence-corrected chi connectivity index (χ3v) is 6.03. The molecule has 4 nitrogen and oxygen atoms in total. The molecule has 3 rings (SSSR count). The molecule has 0 unspecified atom stereocenters. The van der Waals surface area contributed by atoms with Crippen molar-refractivity contribution in [3.8, 4) is 0 Å². The highest BCUT2D eigenvalue weighted by atomic mass is 127. The van der Waals surface area contributed by atoms with E-state index < -0.39 is 5.97 Å². The molecule has 1 amide bonds. The molecule has 0 atom stereocenters. The molecule has 0 saturated heterocycles. The zero-order valence-electron chi connectivity index (χ0n) is 16.4. The van der Waals surface area contributed by atoms with Gasteiger partial charge >= 0.3 is 5.97 Å². The van der Waals surface area contributed by atoms with Crippen molar-refractivity contribution in [3.05, 3.63) is 96.0 Å². The summed E-state index contributed by atoms with van der Waals surface area (Å²) in [7, 11) is 0. The molecule has 160 valence electrons. The Balaban J connectivity index is 2.02. The number of ether oxygens (including phenoxy) is 1. The van der Waals surface area contributed by atoms with Crippen LogP contribution in [0.3, 0.4) is 0 Å². The van der Waals surface area contributed by atoms with Crippen molar-refractivity contribution in [1.82, 2.24) is 0 Å². The number of hydrogen-bond acceptors (Lipinski definition) is 3. The van der Waals surface area contributed by atoms with Crippen LogP contribution in [0.4, 0.5) is 5.69 Å². The largest absolute Gasteiger partial charge is 0.462 e. The van der Waals surface area contributed by atoms with E-state index in [2.05, 4.69) is 22.6 Å². The lowest BCUT2D eigenvalue weighted by Gasteiger charge is -2.24. The molecule has 0 bridgehead atoms. The van der Waals surface area contributed by atoms with Crippen molar-refractivity contribution in [2.24, 2.45) is 0 Å². The Morgan fingerprint density at radius 3 is 2.29 bits per heavy atom. The van der Waals surface area contributed by atoms with Gasteiger partial charge in [0, 0.05) is 19.3 Å².